The van der Waals surface area contributed by atoms with Crippen LogP contribution in [0.1, 0.15) is 26.3 Å². The summed E-state index contributed by atoms with van der Waals surface area (Å²) < 4.78 is 26.0. The van der Waals surface area contributed by atoms with Gasteiger partial charge in [0.25, 0.3) is 0 Å². The summed E-state index contributed by atoms with van der Waals surface area (Å²) in [7, 11) is 0. The fourth-order valence-electron chi connectivity index (χ4n) is 2.10. The number of para-hydroxylation sites is 1. The van der Waals surface area contributed by atoms with Gasteiger partial charge in [0.05, 0.1) is 0 Å². The zero-order valence-electron chi connectivity index (χ0n) is 12.7. The van der Waals surface area contributed by atoms with Crippen LogP contribution in [0.2, 0.25) is 0 Å². The van der Waals surface area contributed by atoms with E-state index in [-0.39, 0.29) is 11.1 Å². The number of rotatable bonds is 2. The van der Waals surface area contributed by atoms with Gasteiger partial charge in [0, 0.05) is 17.4 Å². The number of hydrogen-bond donors (Lipinski definition) is 2. The van der Waals surface area contributed by atoms with Gasteiger partial charge >= 0.3 is 6.03 Å². The van der Waals surface area contributed by atoms with E-state index in [1.54, 1.807) is 6.07 Å². The number of urea groups is 1. The molecule has 0 saturated heterocycles. The molecule has 0 heterocycles. The minimum Gasteiger partial charge on any atom is -0.308 e. The fraction of sp³-hybridized carbons (Fsp3) is 0.235. The molecule has 3 nitrogen and oxygen atoms in total. The van der Waals surface area contributed by atoms with Crippen LogP contribution in [0.3, 0.4) is 0 Å². The molecule has 2 aromatic carbocycles. The highest BCUT2D eigenvalue weighted by atomic mass is 19.2. The Bertz CT molecular complexity index is 693. The van der Waals surface area contributed by atoms with E-state index in [0.29, 0.717) is 5.69 Å². The third-order valence-corrected chi connectivity index (χ3v) is 3.16. The average molecular weight is 304 g/mol. The molecule has 2 rings (SSSR count). The summed E-state index contributed by atoms with van der Waals surface area (Å²) in [5, 5.41) is 5.21. The summed E-state index contributed by atoms with van der Waals surface area (Å²) >= 11 is 0. The molecule has 0 unspecified atom stereocenters. The average Bonchev–Trinajstić information content (AvgIpc) is 2.42. The summed E-state index contributed by atoms with van der Waals surface area (Å²) in [4.78, 5) is 12.0. The van der Waals surface area contributed by atoms with Crippen molar-refractivity contribution in [3.63, 3.8) is 0 Å². The largest absolute Gasteiger partial charge is 0.323 e. The van der Waals surface area contributed by atoms with Gasteiger partial charge < -0.3 is 10.6 Å². The minimum absolute atomic E-state index is 0.133. The van der Waals surface area contributed by atoms with Gasteiger partial charge in [-0.15, -0.1) is 0 Å². The van der Waals surface area contributed by atoms with Crippen molar-refractivity contribution >= 4 is 17.4 Å². The molecule has 0 saturated carbocycles. The number of anilines is 2. The Kier molecular flexibility index (Phi) is 4.45. The van der Waals surface area contributed by atoms with Crippen molar-refractivity contribution in [1.82, 2.24) is 0 Å². The third-order valence-electron chi connectivity index (χ3n) is 3.16. The van der Waals surface area contributed by atoms with E-state index in [9.17, 15) is 13.6 Å². The number of halogens is 2. The van der Waals surface area contributed by atoms with Crippen LogP contribution in [-0.4, -0.2) is 6.03 Å². The van der Waals surface area contributed by atoms with Crippen molar-refractivity contribution in [2.75, 3.05) is 10.6 Å². The van der Waals surface area contributed by atoms with Crippen LogP contribution >= 0.6 is 0 Å². The molecule has 2 aromatic rings. The smallest absolute Gasteiger partial charge is 0.308 e. The molecule has 0 aliphatic carbocycles. The lowest BCUT2D eigenvalue weighted by Gasteiger charge is -2.23. The van der Waals surface area contributed by atoms with Crippen LogP contribution in [0.5, 0.6) is 0 Å². The van der Waals surface area contributed by atoms with Crippen molar-refractivity contribution < 1.29 is 13.6 Å². The first-order valence-corrected chi connectivity index (χ1v) is 6.90. The van der Waals surface area contributed by atoms with Gasteiger partial charge in [-0.25, -0.2) is 13.6 Å². The summed E-state index contributed by atoms with van der Waals surface area (Å²) in [5.74, 6) is -1.96. The first-order chi connectivity index (χ1) is 10.3. The van der Waals surface area contributed by atoms with Crippen LogP contribution in [0.4, 0.5) is 25.0 Å². The number of carbonyl (C=O) groups excluding carboxylic acids is 1. The van der Waals surface area contributed by atoms with Gasteiger partial charge in [0.15, 0.2) is 11.6 Å². The van der Waals surface area contributed by atoms with Gasteiger partial charge in [-0.05, 0) is 29.2 Å². The molecule has 116 valence electrons. The third kappa shape index (κ3) is 3.81. The predicted molar refractivity (Wildman–Crippen MR) is 84.1 cm³/mol. The van der Waals surface area contributed by atoms with Crippen LogP contribution in [0.15, 0.2) is 42.5 Å². The summed E-state index contributed by atoms with van der Waals surface area (Å²) in [6, 6.07) is 10.1. The number of nitrogens with one attached hydrogen (secondary N) is 2. The Labute approximate surface area is 128 Å². The topological polar surface area (TPSA) is 41.1 Å². The molecule has 2 N–H and O–H groups in total. The second-order valence-electron chi connectivity index (χ2n) is 6.00. The maximum atomic E-state index is 13.1. The first-order valence-electron chi connectivity index (χ1n) is 6.90. The quantitative estimate of drug-likeness (QED) is 0.813. The fourth-order valence-corrected chi connectivity index (χ4v) is 2.10. The molecule has 0 spiro atoms. The molecule has 22 heavy (non-hydrogen) atoms. The lowest BCUT2D eigenvalue weighted by Crippen LogP contribution is -2.22. The standard InChI is InChI=1S/C17H18F2N2O/c1-17(2,3)12-6-4-5-7-15(12)21-16(22)20-11-8-9-13(18)14(19)10-11/h4-10H,1-3H3,(H2,20,21,22). The van der Waals surface area contributed by atoms with Crippen molar-refractivity contribution in [3.05, 3.63) is 59.7 Å². The van der Waals surface area contributed by atoms with E-state index in [1.807, 2.05) is 39.0 Å². The molecule has 0 aromatic heterocycles. The Morgan fingerprint density at radius 3 is 2.27 bits per heavy atom. The van der Waals surface area contributed by atoms with Crippen molar-refractivity contribution in [3.8, 4) is 0 Å². The summed E-state index contributed by atoms with van der Waals surface area (Å²) in [5.41, 5.74) is 1.71. The SMILES string of the molecule is CC(C)(C)c1ccccc1NC(=O)Nc1ccc(F)c(F)c1. The minimum atomic E-state index is -1.01. The Morgan fingerprint density at radius 1 is 0.955 bits per heavy atom. The van der Waals surface area contributed by atoms with Gasteiger partial charge in [-0.1, -0.05) is 39.0 Å². The Morgan fingerprint density at radius 2 is 1.64 bits per heavy atom. The molecule has 0 atom stereocenters. The van der Waals surface area contributed by atoms with E-state index in [2.05, 4.69) is 10.6 Å². The Hall–Kier alpha value is -2.43. The van der Waals surface area contributed by atoms with E-state index < -0.39 is 17.7 Å². The van der Waals surface area contributed by atoms with Crippen molar-refractivity contribution in [1.29, 1.82) is 0 Å². The zero-order chi connectivity index (χ0) is 16.3. The van der Waals surface area contributed by atoms with Gasteiger partial charge in [0.2, 0.25) is 0 Å². The van der Waals surface area contributed by atoms with E-state index in [0.717, 1.165) is 17.7 Å². The highest BCUT2D eigenvalue weighted by molar-refractivity contribution is 6.00. The lowest BCUT2D eigenvalue weighted by atomic mass is 9.86. The maximum absolute atomic E-state index is 13.1. The maximum Gasteiger partial charge on any atom is 0.323 e. The molecule has 0 radical (unpaired) electrons. The molecule has 0 aliphatic rings. The highest BCUT2D eigenvalue weighted by Crippen LogP contribution is 2.29. The summed E-state index contributed by atoms with van der Waals surface area (Å²) in [6.45, 7) is 6.13. The van der Waals surface area contributed by atoms with Gasteiger partial charge in [-0.2, -0.15) is 0 Å². The Balaban J connectivity index is 2.14. The van der Waals surface area contributed by atoms with Gasteiger partial charge in [-0.3, -0.25) is 0 Å². The number of benzene rings is 2. The second-order valence-corrected chi connectivity index (χ2v) is 6.00. The molecule has 0 bridgehead atoms. The second kappa shape index (κ2) is 6.13. The number of hydrogen-bond acceptors (Lipinski definition) is 1. The van der Waals surface area contributed by atoms with Crippen LogP contribution in [-0.2, 0) is 5.41 Å². The molecular formula is C17H18F2N2O. The van der Waals surface area contributed by atoms with Crippen LogP contribution < -0.4 is 10.6 Å². The van der Waals surface area contributed by atoms with E-state index in [1.165, 1.54) is 6.07 Å². The van der Waals surface area contributed by atoms with E-state index >= 15 is 0 Å². The predicted octanol–water partition coefficient (Wildman–Crippen LogP) is 4.91. The van der Waals surface area contributed by atoms with Crippen molar-refractivity contribution in [2.45, 2.75) is 26.2 Å². The first kappa shape index (κ1) is 15.9. The molecule has 0 aliphatic heterocycles. The van der Waals surface area contributed by atoms with Gasteiger partial charge in [0.1, 0.15) is 0 Å². The van der Waals surface area contributed by atoms with Crippen molar-refractivity contribution in [2.24, 2.45) is 0 Å². The molecule has 0 fully saturated rings. The monoisotopic (exact) mass is 304 g/mol. The number of carbonyl (C=O) groups is 1. The van der Waals surface area contributed by atoms with Crippen LogP contribution in [0, 0.1) is 11.6 Å². The number of amides is 2. The lowest BCUT2D eigenvalue weighted by molar-refractivity contribution is 0.262. The normalized spacial score (nSPS) is 11.1. The highest BCUT2D eigenvalue weighted by Gasteiger charge is 2.18. The summed E-state index contributed by atoms with van der Waals surface area (Å²) in [6.07, 6.45) is 0. The van der Waals surface area contributed by atoms with Crippen LogP contribution in [0.25, 0.3) is 0 Å². The van der Waals surface area contributed by atoms with E-state index in [4.69, 9.17) is 0 Å². The molecular weight excluding hydrogens is 286 g/mol. The molecule has 2 amide bonds. The zero-order valence-corrected chi connectivity index (χ0v) is 12.7. The molecule has 5 heteroatoms.